The molecular formula is C25H45N3O7. The van der Waals surface area contributed by atoms with Crippen molar-refractivity contribution < 1.29 is 33.4 Å². The highest BCUT2D eigenvalue weighted by atomic mass is 16.6. The molecule has 0 bridgehead atoms. The Morgan fingerprint density at radius 3 is 2.11 bits per heavy atom. The zero-order valence-electron chi connectivity index (χ0n) is 22.9. The Kier molecular flexibility index (Phi) is 11.5. The van der Waals surface area contributed by atoms with E-state index in [1.165, 1.54) is 0 Å². The van der Waals surface area contributed by atoms with Crippen LogP contribution in [0.1, 0.15) is 81.6 Å². The van der Waals surface area contributed by atoms with Crippen LogP contribution in [0.3, 0.4) is 0 Å². The fraction of sp³-hybridized carbons (Fsp3) is 0.840. The lowest BCUT2D eigenvalue weighted by molar-refractivity contribution is -0.162. The molecule has 0 saturated carbocycles. The predicted octanol–water partition coefficient (Wildman–Crippen LogP) is 2.78. The molecule has 10 heteroatoms. The van der Waals surface area contributed by atoms with Gasteiger partial charge in [0, 0.05) is 12.6 Å². The molecule has 202 valence electrons. The molecule has 0 aromatic rings. The smallest absolute Gasteiger partial charge is 0.408 e. The van der Waals surface area contributed by atoms with Crippen molar-refractivity contribution in [3.8, 4) is 0 Å². The van der Waals surface area contributed by atoms with Crippen molar-refractivity contribution in [3.63, 3.8) is 0 Å². The summed E-state index contributed by atoms with van der Waals surface area (Å²) in [4.78, 5) is 52.3. The lowest BCUT2D eigenvalue weighted by Gasteiger charge is -2.33. The third-order valence-electron chi connectivity index (χ3n) is 5.28. The molecule has 0 aliphatic carbocycles. The summed E-state index contributed by atoms with van der Waals surface area (Å²) < 4.78 is 16.0. The second-order valence-electron chi connectivity index (χ2n) is 11.2. The third-order valence-corrected chi connectivity index (χ3v) is 5.28. The van der Waals surface area contributed by atoms with E-state index in [4.69, 9.17) is 14.2 Å². The van der Waals surface area contributed by atoms with Crippen LogP contribution in [-0.4, -0.2) is 77.9 Å². The number of nitrogens with one attached hydrogen (secondary N) is 2. The minimum atomic E-state index is -0.826. The number of likely N-dealkylation sites (tertiary alicyclic amines) is 1. The Labute approximate surface area is 209 Å². The number of carbonyl (C=O) groups is 4. The first-order valence-electron chi connectivity index (χ1n) is 12.5. The molecule has 0 unspecified atom stereocenters. The van der Waals surface area contributed by atoms with Crippen molar-refractivity contribution in [2.24, 2.45) is 5.92 Å². The molecule has 1 aliphatic rings. The summed E-state index contributed by atoms with van der Waals surface area (Å²) in [7, 11) is 0. The largest absolute Gasteiger partial charge is 0.466 e. The Bertz CT molecular complexity index is 740. The van der Waals surface area contributed by atoms with Gasteiger partial charge in [-0.3, -0.25) is 19.3 Å². The SMILES string of the molecule is CCOC(=O)C[C@H](CNC(=O)[C@@H](NC(=O)OC(C)(C)C)C(C)C)N1CCC[C@H]1C(=O)OC(C)(C)C. The molecule has 10 nitrogen and oxygen atoms in total. The third kappa shape index (κ3) is 11.3. The molecule has 2 amide bonds. The summed E-state index contributed by atoms with van der Waals surface area (Å²) in [5.41, 5.74) is -1.33. The summed E-state index contributed by atoms with van der Waals surface area (Å²) in [6.45, 7) is 17.0. The Balaban J connectivity index is 2.97. The van der Waals surface area contributed by atoms with Crippen LogP contribution >= 0.6 is 0 Å². The van der Waals surface area contributed by atoms with Crippen LogP contribution in [0.5, 0.6) is 0 Å². The number of hydrogen-bond acceptors (Lipinski definition) is 8. The van der Waals surface area contributed by atoms with Gasteiger partial charge in [0.05, 0.1) is 13.0 Å². The van der Waals surface area contributed by atoms with Crippen molar-refractivity contribution >= 4 is 23.9 Å². The van der Waals surface area contributed by atoms with Gasteiger partial charge in [0.1, 0.15) is 23.3 Å². The summed E-state index contributed by atoms with van der Waals surface area (Å²) in [6, 6.07) is -1.80. The molecule has 1 aliphatic heterocycles. The van der Waals surface area contributed by atoms with Crippen LogP contribution in [0, 0.1) is 5.92 Å². The number of nitrogens with zero attached hydrogens (tertiary/aromatic N) is 1. The lowest BCUT2D eigenvalue weighted by Crippen LogP contribution is -2.55. The van der Waals surface area contributed by atoms with Gasteiger partial charge in [0.25, 0.3) is 0 Å². The molecule has 1 fully saturated rings. The van der Waals surface area contributed by atoms with E-state index in [9.17, 15) is 19.2 Å². The fourth-order valence-electron chi connectivity index (χ4n) is 3.87. The Morgan fingerprint density at radius 1 is 1.00 bits per heavy atom. The molecule has 0 spiro atoms. The van der Waals surface area contributed by atoms with Crippen molar-refractivity contribution in [1.29, 1.82) is 0 Å². The number of hydrogen-bond donors (Lipinski definition) is 2. The number of ether oxygens (including phenoxy) is 3. The molecule has 1 heterocycles. The highest BCUT2D eigenvalue weighted by Gasteiger charge is 2.39. The van der Waals surface area contributed by atoms with Gasteiger partial charge in [0.2, 0.25) is 5.91 Å². The topological polar surface area (TPSA) is 123 Å². The molecule has 1 saturated heterocycles. The standard InChI is InChI=1S/C25H45N3O7/c1-10-33-19(29)14-17(28-13-11-12-18(28)22(31)34-24(4,5)6)15-26-21(30)20(16(2)3)27-23(32)35-25(7,8)9/h16-18,20H,10-15H2,1-9H3,(H,26,30)(H,27,32)/t17-,18+,20+/m1/s1. The molecule has 3 atom stereocenters. The maximum atomic E-state index is 13.0. The van der Waals surface area contributed by atoms with Crippen LogP contribution in [0.15, 0.2) is 0 Å². The van der Waals surface area contributed by atoms with Crippen molar-refractivity contribution in [2.75, 3.05) is 19.7 Å². The number of amides is 2. The predicted molar refractivity (Wildman–Crippen MR) is 132 cm³/mol. The normalized spacial score (nSPS) is 18.5. The first kappa shape index (κ1) is 30.7. The van der Waals surface area contributed by atoms with E-state index in [2.05, 4.69) is 10.6 Å². The summed E-state index contributed by atoms with van der Waals surface area (Å²) >= 11 is 0. The van der Waals surface area contributed by atoms with E-state index >= 15 is 0 Å². The van der Waals surface area contributed by atoms with E-state index in [-0.39, 0.29) is 31.5 Å². The first-order valence-corrected chi connectivity index (χ1v) is 12.5. The van der Waals surface area contributed by atoms with Crippen molar-refractivity contribution in [1.82, 2.24) is 15.5 Å². The Hall–Kier alpha value is -2.36. The maximum Gasteiger partial charge on any atom is 0.408 e. The zero-order valence-corrected chi connectivity index (χ0v) is 22.9. The minimum absolute atomic E-state index is 0.0132. The first-order chi connectivity index (χ1) is 16.0. The number of esters is 2. The highest BCUT2D eigenvalue weighted by Crippen LogP contribution is 2.25. The van der Waals surface area contributed by atoms with E-state index in [0.29, 0.717) is 13.0 Å². The minimum Gasteiger partial charge on any atom is -0.466 e. The van der Waals surface area contributed by atoms with Crippen molar-refractivity contribution in [2.45, 2.75) is 111 Å². The molecule has 35 heavy (non-hydrogen) atoms. The molecule has 0 aromatic heterocycles. The molecule has 1 rings (SSSR count). The number of rotatable bonds is 10. The molecule has 2 N–H and O–H groups in total. The van der Waals surface area contributed by atoms with Crippen molar-refractivity contribution in [3.05, 3.63) is 0 Å². The molecule has 0 aromatic carbocycles. The second kappa shape index (κ2) is 13.1. The summed E-state index contributed by atoms with van der Waals surface area (Å²) in [5.74, 6) is -1.35. The van der Waals surface area contributed by atoms with Gasteiger partial charge in [-0.25, -0.2) is 4.79 Å². The van der Waals surface area contributed by atoms with Gasteiger partial charge < -0.3 is 24.8 Å². The Morgan fingerprint density at radius 2 is 1.60 bits per heavy atom. The molecule has 0 radical (unpaired) electrons. The van der Waals surface area contributed by atoms with E-state index in [1.807, 2.05) is 39.5 Å². The lowest BCUT2D eigenvalue weighted by atomic mass is 10.0. The van der Waals surface area contributed by atoms with Gasteiger partial charge in [0.15, 0.2) is 0 Å². The monoisotopic (exact) mass is 499 g/mol. The van der Waals surface area contributed by atoms with Gasteiger partial charge >= 0.3 is 18.0 Å². The van der Waals surface area contributed by atoms with Crippen LogP contribution < -0.4 is 10.6 Å². The quantitative estimate of drug-likeness (QED) is 0.347. The number of carbonyl (C=O) groups excluding carboxylic acids is 4. The van der Waals surface area contributed by atoms with Gasteiger partial charge in [-0.05, 0) is 73.8 Å². The summed E-state index contributed by atoms with van der Waals surface area (Å²) in [5, 5.41) is 5.48. The van der Waals surface area contributed by atoms with Gasteiger partial charge in [-0.1, -0.05) is 13.8 Å². The van der Waals surface area contributed by atoms with Crippen LogP contribution in [-0.2, 0) is 28.6 Å². The van der Waals surface area contributed by atoms with Gasteiger partial charge in [-0.2, -0.15) is 0 Å². The van der Waals surface area contributed by atoms with Crippen LogP contribution in [0.4, 0.5) is 4.79 Å². The zero-order chi connectivity index (χ0) is 27.0. The second-order valence-corrected chi connectivity index (χ2v) is 11.2. The maximum absolute atomic E-state index is 13.0. The van der Waals surface area contributed by atoms with E-state index in [1.54, 1.807) is 27.7 Å². The number of alkyl carbamates (subject to hydrolysis) is 1. The summed E-state index contributed by atoms with van der Waals surface area (Å²) in [6.07, 6.45) is 0.710. The van der Waals surface area contributed by atoms with E-state index < -0.39 is 47.3 Å². The van der Waals surface area contributed by atoms with Gasteiger partial charge in [-0.15, -0.1) is 0 Å². The average Bonchev–Trinajstić information content (AvgIpc) is 3.16. The van der Waals surface area contributed by atoms with Crippen LogP contribution in [0.25, 0.3) is 0 Å². The molecular weight excluding hydrogens is 454 g/mol. The van der Waals surface area contributed by atoms with Crippen LogP contribution in [0.2, 0.25) is 0 Å². The fourth-order valence-corrected chi connectivity index (χ4v) is 3.87. The highest BCUT2D eigenvalue weighted by molar-refractivity contribution is 5.86. The van der Waals surface area contributed by atoms with E-state index in [0.717, 1.165) is 6.42 Å². The average molecular weight is 500 g/mol.